The van der Waals surface area contributed by atoms with E-state index in [0.717, 1.165) is 16.3 Å². The standard InChI is InChI=1S/C13H13OP/c1-8-6-10(3)12-11(7-8)5-4-9(2)13(12)15-14/h4-7H,1-3H3/p+1. The number of fused-ring (bicyclic) bond motifs is 1. The van der Waals surface area contributed by atoms with Crippen LogP contribution in [0.15, 0.2) is 24.3 Å². The van der Waals surface area contributed by atoms with Gasteiger partial charge in [-0.25, -0.2) is 0 Å². The molecule has 0 fully saturated rings. The van der Waals surface area contributed by atoms with Crippen molar-refractivity contribution in [2.45, 2.75) is 20.8 Å². The third-order valence-electron chi connectivity index (χ3n) is 2.77. The fourth-order valence-electron chi connectivity index (χ4n) is 2.10. The van der Waals surface area contributed by atoms with Gasteiger partial charge >= 0.3 is 8.46 Å². The molecule has 0 aliphatic heterocycles. The van der Waals surface area contributed by atoms with Gasteiger partial charge in [-0.1, -0.05) is 34.4 Å². The monoisotopic (exact) mass is 217 g/mol. The summed E-state index contributed by atoms with van der Waals surface area (Å²) in [7, 11) is -0.374. The van der Waals surface area contributed by atoms with Gasteiger partial charge < -0.3 is 0 Å². The summed E-state index contributed by atoms with van der Waals surface area (Å²) < 4.78 is 11.2. The van der Waals surface area contributed by atoms with Crippen LogP contribution in [0.5, 0.6) is 0 Å². The molecule has 0 bridgehead atoms. The molecule has 0 spiro atoms. The Balaban J connectivity index is 2.97. The molecule has 0 aromatic heterocycles. The molecule has 1 nitrogen and oxygen atoms in total. The van der Waals surface area contributed by atoms with E-state index < -0.39 is 0 Å². The van der Waals surface area contributed by atoms with Crippen LogP contribution in [0.25, 0.3) is 10.8 Å². The number of aryl methyl sites for hydroxylation is 3. The topological polar surface area (TPSA) is 17.1 Å². The lowest BCUT2D eigenvalue weighted by molar-refractivity contribution is 0.603. The predicted molar refractivity (Wildman–Crippen MR) is 66.8 cm³/mol. The van der Waals surface area contributed by atoms with E-state index in [9.17, 15) is 4.57 Å². The molecule has 0 aliphatic rings. The molecule has 15 heavy (non-hydrogen) atoms. The third kappa shape index (κ3) is 1.68. The Bertz CT molecular complexity index is 544. The highest BCUT2D eigenvalue weighted by atomic mass is 31.1. The fourth-order valence-corrected chi connectivity index (χ4v) is 2.79. The summed E-state index contributed by atoms with van der Waals surface area (Å²) >= 11 is 0. The van der Waals surface area contributed by atoms with Crippen molar-refractivity contribution in [3.8, 4) is 0 Å². The third-order valence-corrected chi connectivity index (χ3v) is 3.62. The van der Waals surface area contributed by atoms with Crippen LogP contribution in [0.4, 0.5) is 0 Å². The van der Waals surface area contributed by atoms with Gasteiger partial charge in [-0.3, -0.25) is 0 Å². The minimum atomic E-state index is -0.374. The van der Waals surface area contributed by atoms with Crippen LogP contribution in [-0.2, 0) is 4.57 Å². The molecule has 0 heterocycles. The van der Waals surface area contributed by atoms with Crippen molar-refractivity contribution in [1.82, 2.24) is 0 Å². The predicted octanol–water partition coefficient (Wildman–Crippen LogP) is 3.41. The maximum Gasteiger partial charge on any atom is 0.364 e. The van der Waals surface area contributed by atoms with Crippen molar-refractivity contribution in [3.63, 3.8) is 0 Å². The van der Waals surface area contributed by atoms with E-state index in [1.807, 2.05) is 13.0 Å². The largest absolute Gasteiger partial charge is 0.364 e. The van der Waals surface area contributed by atoms with Gasteiger partial charge in [-0.15, -0.1) is 0 Å². The average Bonchev–Trinajstić information content (AvgIpc) is 2.18. The molecule has 0 saturated heterocycles. The summed E-state index contributed by atoms with van der Waals surface area (Å²) in [6, 6.07) is 8.44. The highest BCUT2D eigenvalue weighted by molar-refractivity contribution is 7.35. The molecule has 1 atom stereocenters. The number of hydrogen-bond acceptors (Lipinski definition) is 1. The second-order valence-electron chi connectivity index (χ2n) is 4.04. The summed E-state index contributed by atoms with van der Waals surface area (Å²) in [5.41, 5.74) is 3.58. The van der Waals surface area contributed by atoms with Crippen LogP contribution in [0.2, 0.25) is 0 Å². The van der Waals surface area contributed by atoms with Crippen LogP contribution in [0.1, 0.15) is 16.7 Å². The molecule has 2 aromatic carbocycles. The summed E-state index contributed by atoms with van der Waals surface area (Å²) in [5, 5.41) is 3.33. The van der Waals surface area contributed by atoms with Gasteiger partial charge in [0.1, 0.15) is 0 Å². The summed E-state index contributed by atoms with van der Waals surface area (Å²) in [6.45, 7) is 6.18. The SMILES string of the molecule is Cc1cc(C)c2c([PH+]=O)c(C)ccc2c1. The number of rotatable bonds is 1. The van der Waals surface area contributed by atoms with Crippen LogP contribution < -0.4 is 5.30 Å². The van der Waals surface area contributed by atoms with E-state index in [1.165, 1.54) is 16.5 Å². The minimum Gasteiger partial charge on any atom is -0.0707 e. The molecule has 0 saturated carbocycles. The van der Waals surface area contributed by atoms with Crippen LogP contribution in [0.3, 0.4) is 0 Å². The van der Waals surface area contributed by atoms with Gasteiger partial charge in [0.15, 0.2) is 5.30 Å². The lowest BCUT2D eigenvalue weighted by Crippen LogP contribution is -2.01. The Morgan fingerprint density at radius 2 is 1.73 bits per heavy atom. The highest BCUT2D eigenvalue weighted by Crippen LogP contribution is 2.22. The van der Waals surface area contributed by atoms with E-state index in [1.54, 1.807) is 0 Å². The molecule has 2 heteroatoms. The Hall–Kier alpha value is -1.20. The summed E-state index contributed by atoms with van der Waals surface area (Å²) in [5.74, 6) is 0. The van der Waals surface area contributed by atoms with Gasteiger partial charge in [-0.05, 0) is 31.7 Å². The minimum absolute atomic E-state index is 0.374. The Labute approximate surface area is 91.3 Å². The van der Waals surface area contributed by atoms with E-state index in [2.05, 4.69) is 32.0 Å². The maximum atomic E-state index is 11.2. The highest BCUT2D eigenvalue weighted by Gasteiger charge is 2.13. The van der Waals surface area contributed by atoms with E-state index in [-0.39, 0.29) is 8.46 Å². The zero-order chi connectivity index (χ0) is 11.0. The van der Waals surface area contributed by atoms with Crippen LogP contribution in [0, 0.1) is 20.8 Å². The molecule has 76 valence electrons. The lowest BCUT2D eigenvalue weighted by Gasteiger charge is -2.05. The van der Waals surface area contributed by atoms with Crippen molar-refractivity contribution in [3.05, 3.63) is 41.0 Å². The molecular weight excluding hydrogens is 203 g/mol. The first kappa shape index (κ1) is 10.3. The van der Waals surface area contributed by atoms with E-state index >= 15 is 0 Å². The molecule has 0 N–H and O–H groups in total. The first-order valence-electron chi connectivity index (χ1n) is 5.02. The Kier molecular flexibility index (Phi) is 2.58. The molecule has 0 radical (unpaired) electrons. The van der Waals surface area contributed by atoms with Crippen molar-refractivity contribution >= 4 is 24.5 Å². The van der Waals surface area contributed by atoms with Gasteiger partial charge in [0.2, 0.25) is 0 Å². The van der Waals surface area contributed by atoms with Crippen molar-refractivity contribution in [2.75, 3.05) is 0 Å². The second-order valence-corrected chi connectivity index (χ2v) is 4.74. The smallest absolute Gasteiger partial charge is 0.0707 e. The molecule has 2 aromatic rings. The van der Waals surface area contributed by atoms with E-state index in [4.69, 9.17) is 0 Å². The number of hydrogen-bond donors (Lipinski definition) is 0. The number of benzene rings is 2. The maximum absolute atomic E-state index is 11.2. The summed E-state index contributed by atoms with van der Waals surface area (Å²) in [4.78, 5) is 0. The van der Waals surface area contributed by atoms with Gasteiger partial charge in [-0.2, -0.15) is 0 Å². The van der Waals surface area contributed by atoms with Gasteiger partial charge in [0.25, 0.3) is 0 Å². The van der Waals surface area contributed by atoms with E-state index in [0.29, 0.717) is 0 Å². The van der Waals surface area contributed by atoms with Crippen LogP contribution >= 0.6 is 8.46 Å². The average molecular weight is 217 g/mol. The molecule has 1 unspecified atom stereocenters. The quantitative estimate of drug-likeness (QED) is 0.669. The lowest BCUT2D eigenvalue weighted by atomic mass is 10.0. The van der Waals surface area contributed by atoms with Crippen LogP contribution in [-0.4, -0.2) is 0 Å². The van der Waals surface area contributed by atoms with Crippen molar-refractivity contribution in [1.29, 1.82) is 0 Å². The van der Waals surface area contributed by atoms with Gasteiger partial charge in [0.05, 0.1) is 0 Å². The van der Waals surface area contributed by atoms with Gasteiger partial charge in [0, 0.05) is 10.9 Å². The first-order valence-corrected chi connectivity index (χ1v) is 5.93. The molecule has 2 rings (SSSR count). The first-order chi connectivity index (χ1) is 7.13. The molecular formula is C13H14OP+. The normalized spacial score (nSPS) is 11.1. The van der Waals surface area contributed by atoms with Crippen molar-refractivity contribution < 1.29 is 4.57 Å². The summed E-state index contributed by atoms with van der Waals surface area (Å²) in [6.07, 6.45) is 0. The Morgan fingerprint density at radius 3 is 2.40 bits per heavy atom. The Morgan fingerprint density at radius 1 is 1.00 bits per heavy atom. The van der Waals surface area contributed by atoms with Crippen molar-refractivity contribution in [2.24, 2.45) is 0 Å². The molecule has 0 amide bonds. The molecule has 0 aliphatic carbocycles. The zero-order valence-corrected chi connectivity index (χ0v) is 10.2. The fraction of sp³-hybridized carbons (Fsp3) is 0.231. The second kappa shape index (κ2) is 3.75. The zero-order valence-electron chi connectivity index (χ0n) is 9.22.